The summed E-state index contributed by atoms with van der Waals surface area (Å²) in [5, 5.41) is 15.2. The number of aromatic nitrogens is 1. The summed E-state index contributed by atoms with van der Waals surface area (Å²) >= 11 is 2.66. The first-order chi connectivity index (χ1) is 7.72. The van der Waals surface area contributed by atoms with Crippen molar-refractivity contribution < 1.29 is 4.79 Å². The smallest absolute Gasteiger partial charge is 0.319 e. The van der Waals surface area contributed by atoms with Crippen LogP contribution in [0, 0.1) is 11.3 Å². The third-order valence-corrected chi connectivity index (χ3v) is 3.73. The van der Waals surface area contributed by atoms with Crippen molar-refractivity contribution in [2.24, 2.45) is 0 Å². The van der Waals surface area contributed by atoms with Crippen molar-refractivity contribution >= 4 is 34.3 Å². The molecular weight excluding hydrogens is 244 g/mol. The molecule has 16 heavy (non-hydrogen) atoms. The highest BCUT2D eigenvalue weighted by molar-refractivity contribution is 7.99. The predicted octanol–water partition coefficient (Wildman–Crippen LogP) is 2.27. The Morgan fingerprint density at radius 2 is 2.44 bits per heavy atom. The minimum Gasteiger partial charge on any atom is -0.341 e. The van der Waals surface area contributed by atoms with Crippen LogP contribution in [0.5, 0.6) is 0 Å². The van der Waals surface area contributed by atoms with Crippen LogP contribution in [0.4, 0.5) is 9.80 Å². The lowest BCUT2D eigenvalue weighted by molar-refractivity contribution is 0.254. The number of rotatable bonds is 4. The number of nitriles is 1. The van der Waals surface area contributed by atoms with Crippen LogP contribution in [0.2, 0.25) is 0 Å². The van der Waals surface area contributed by atoms with E-state index in [1.165, 1.54) is 18.8 Å². The van der Waals surface area contributed by atoms with Crippen LogP contribution in [-0.2, 0) is 0 Å². The summed E-state index contributed by atoms with van der Waals surface area (Å²) in [5.41, 5.74) is 0.451. The van der Waals surface area contributed by atoms with Crippen LogP contribution in [0.3, 0.4) is 0 Å². The van der Waals surface area contributed by atoms with E-state index in [0.717, 1.165) is 23.7 Å². The monoisotopic (exact) mass is 256 g/mol. The molecule has 1 heterocycles. The summed E-state index contributed by atoms with van der Waals surface area (Å²) in [6, 6.07) is 1.73. The Balaban J connectivity index is 2.83. The molecule has 0 saturated heterocycles. The van der Waals surface area contributed by atoms with Gasteiger partial charge in [-0.1, -0.05) is 6.92 Å². The number of carbonyl (C=O) groups excluding carboxylic acids is 1. The molecule has 0 fully saturated rings. The first-order valence-electron chi connectivity index (χ1n) is 4.74. The van der Waals surface area contributed by atoms with Gasteiger partial charge in [0.15, 0.2) is 0 Å². The zero-order chi connectivity index (χ0) is 12.0. The largest absolute Gasteiger partial charge is 0.341 e. The molecule has 0 aliphatic carbocycles. The highest BCUT2D eigenvalue weighted by Crippen LogP contribution is 2.31. The number of nitrogens with one attached hydrogen (secondary N) is 2. The molecule has 86 valence electrons. The predicted molar refractivity (Wildman–Crippen MR) is 65.9 cm³/mol. The van der Waals surface area contributed by atoms with Gasteiger partial charge in [0.1, 0.15) is 21.7 Å². The van der Waals surface area contributed by atoms with Gasteiger partial charge in [-0.25, -0.2) is 4.79 Å². The highest BCUT2D eigenvalue weighted by atomic mass is 32.2. The fraction of sp³-hybridized carbons (Fsp3) is 0.444. The van der Waals surface area contributed by atoms with Crippen molar-refractivity contribution in [1.29, 1.82) is 5.26 Å². The number of amides is 2. The van der Waals surface area contributed by atoms with Crippen LogP contribution >= 0.6 is 23.3 Å². The van der Waals surface area contributed by atoms with E-state index in [2.05, 4.69) is 28.0 Å². The zero-order valence-electron chi connectivity index (χ0n) is 9.03. The Kier molecular flexibility index (Phi) is 5.08. The molecule has 0 atom stereocenters. The molecule has 1 rings (SSSR count). The zero-order valence-corrected chi connectivity index (χ0v) is 10.7. The molecule has 0 bridgehead atoms. The van der Waals surface area contributed by atoms with Gasteiger partial charge < -0.3 is 5.32 Å². The molecule has 0 saturated carbocycles. The number of urea groups is 1. The summed E-state index contributed by atoms with van der Waals surface area (Å²) in [6.07, 6.45) is 1.02. The third kappa shape index (κ3) is 3.12. The summed E-state index contributed by atoms with van der Waals surface area (Å²) in [6.45, 7) is 2.06. The Morgan fingerprint density at radius 1 is 1.69 bits per heavy atom. The molecule has 1 aromatic heterocycles. The van der Waals surface area contributed by atoms with Crippen LogP contribution in [0.25, 0.3) is 0 Å². The van der Waals surface area contributed by atoms with E-state index in [-0.39, 0.29) is 6.03 Å². The Labute approximate surface area is 102 Å². The molecule has 0 unspecified atom stereocenters. The molecule has 5 nitrogen and oxygen atoms in total. The van der Waals surface area contributed by atoms with Crippen LogP contribution in [0.1, 0.15) is 18.9 Å². The van der Waals surface area contributed by atoms with Crippen LogP contribution < -0.4 is 10.6 Å². The lowest BCUT2D eigenvalue weighted by Crippen LogP contribution is -2.24. The maximum absolute atomic E-state index is 11.1. The molecule has 2 N–H and O–H groups in total. The van der Waals surface area contributed by atoms with Gasteiger partial charge in [-0.2, -0.15) is 9.64 Å². The molecule has 0 radical (unpaired) electrons. The Morgan fingerprint density at radius 3 is 3.00 bits per heavy atom. The summed E-state index contributed by atoms with van der Waals surface area (Å²) < 4.78 is 4.15. The van der Waals surface area contributed by atoms with E-state index in [1.807, 2.05) is 0 Å². The second kappa shape index (κ2) is 6.35. The van der Waals surface area contributed by atoms with Crippen molar-refractivity contribution in [3.05, 3.63) is 5.56 Å². The van der Waals surface area contributed by atoms with Crippen molar-refractivity contribution in [2.75, 3.05) is 18.1 Å². The number of hydrogen-bond acceptors (Lipinski definition) is 5. The fourth-order valence-corrected chi connectivity index (χ4v) is 2.64. The normalized spacial score (nSPS) is 9.56. The molecule has 0 aliphatic heterocycles. The van der Waals surface area contributed by atoms with Gasteiger partial charge in [-0.05, 0) is 23.7 Å². The Hall–Kier alpha value is -1.26. The molecule has 1 aromatic rings. The summed E-state index contributed by atoms with van der Waals surface area (Å²) in [4.78, 5) is 11.1. The molecule has 0 aliphatic rings. The number of thioether (sulfide) groups is 1. The first kappa shape index (κ1) is 12.8. The second-order valence-corrected chi connectivity index (χ2v) is 4.71. The maximum atomic E-state index is 11.1. The van der Waals surface area contributed by atoms with Gasteiger partial charge in [0.25, 0.3) is 0 Å². The van der Waals surface area contributed by atoms with E-state index in [9.17, 15) is 4.79 Å². The van der Waals surface area contributed by atoms with Crippen molar-refractivity contribution in [3.8, 4) is 6.07 Å². The fourth-order valence-electron chi connectivity index (χ4n) is 0.922. The summed E-state index contributed by atoms with van der Waals surface area (Å²) in [7, 11) is 1.52. The van der Waals surface area contributed by atoms with E-state index < -0.39 is 0 Å². The average molecular weight is 256 g/mol. The van der Waals surface area contributed by atoms with Crippen molar-refractivity contribution in [3.63, 3.8) is 0 Å². The van der Waals surface area contributed by atoms with Gasteiger partial charge in [-0.3, -0.25) is 5.32 Å². The van der Waals surface area contributed by atoms with Crippen molar-refractivity contribution in [1.82, 2.24) is 9.69 Å². The van der Waals surface area contributed by atoms with Crippen LogP contribution in [0.15, 0.2) is 5.03 Å². The van der Waals surface area contributed by atoms with E-state index >= 15 is 0 Å². The maximum Gasteiger partial charge on any atom is 0.319 e. The molecular formula is C9H12N4OS2. The van der Waals surface area contributed by atoms with Crippen molar-refractivity contribution in [2.45, 2.75) is 18.4 Å². The van der Waals surface area contributed by atoms with Gasteiger partial charge >= 0.3 is 6.03 Å². The van der Waals surface area contributed by atoms with Gasteiger partial charge in [0.2, 0.25) is 0 Å². The quantitative estimate of drug-likeness (QED) is 0.810. The van der Waals surface area contributed by atoms with Gasteiger partial charge in [0.05, 0.1) is 0 Å². The van der Waals surface area contributed by atoms with E-state index in [1.54, 1.807) is 0 Å². The highest BCUT2D eigenvalue weighted by Gasteiger charge is 2.15. The van der Waals surface area contributed by atoms with Gasteiger partial charge in [0, 0.05) is 7.05 Å². The standard InChI is InChI=1S/C9H12N4OS2/c1-3-4-15-8-6(5-10)7(16-13-8)12-9(14)11-2/h3-4H2,1-2H3,(H2,11,12,14). The lowest BCUT2D eigenvalue weighted by Gasteiger charge is -2.00. The van der Waals surface area contributed by atoms with Crippen LogP contribution in [-0.4, -0.2) is 23.2 Å². The minimum absolute atomic E-state index is 0.341. The third-order valence-electron chi connectivity index (χ3n) is 1.67. The topological polar surface area (TPSA) is 77.8 Å². The second-order valence-electron chi connectivity index (χ2n) is 2.86. The summed E-state index contributed by atoms with van der Waals surface area (Å²) in [5.74, 6) is 0.915. The molecule has 0 aromatic carbocycles. The van der Waals surface area contributed by atoms with E-state index in [0.29, 0.717) is 15.6 Å². The Bertz CT molecular complexity index is 410. The SMILES string of the molecule is CCCSc1nsc(NC(=O)NC)c1C#N. The van der Waals surface area contributed by atoms with E-state index in [4.69, 9.17) is 5.26 Å². The minimum atomic E-state index is -0.341. The lowest BCUT2D eigenvalue weighted by atomic mass is 10.4. The first-order valence-corrected chi connectivity index (χ1v) is 6.50. The molecule has 2 amide bonds. The van der Waals surface area contributed by atoms with Gasteiger partial charge in [-0.15, -0.1) is 11.8 Å². The number of anilines is 1. The number of nitrogens with zero attached hydrogens (tertiary/aromatic N) is 2. The molecule has 7 heteroatoms. The average Bonchev–Trinajstić information content (AvgIpc) is 2.68. The number of hydrogen-bond donors (Lipinski definition) is 2. The number of carbonyl (C=O) groups is 1. The molecule has 0 spiro atoms.